The Morgan fingerprint density at radius 3 is 2.29 bits per heavy atom. The zero-order chi connectivity index (χ0) is 5.70. The lowest BCUT2D eigenvalue weighted by atomic mass is 10.8. The Morgan fingerprint density at radius 2 is 2.14 bits per heavy atom. The fraction of sp³-hybridized carbons (Fsp3) is 0. The highest BCUT2D eigenvalue weighted by atomic mass is 35.5. The van der Waals surface area contributed by atoms with E-state index in [1.807, 2.05) is 0 Å². The molecule has 0 fully saturated rings. The van der Waals surface area contributed by atoms with Gasteiger partial charge in [-0.3, -0.25) is 0 Å². The van der Waals surface area contributed by atoms with E-state index in [2.05, 4.69) is 10.3 Å². The summed E-state index contributed by atoms with van der Waals surface area (Å²) in [7, 11) is 0. The molecule has 0 unspecified atom stereocenters. The van der Waals surface area contributed by atoms with E-state index in [0.29, 0.717) is 0 Å². The zero-order valence-corrected chi connectivity index (χ0v) is 4.00. The molecule has 0 aliphatic heterocycles. The second-order valence-corrected chi connectivity index (χ2v) is 1.05. The molecule has 0 atom stereocenters. The molecule has 40 valence electrons. The number of oxime groups is 2. The number of halogens is 1. The first kappa shape index (κ1) is 6.23. The SMILES string of the molecule is O/N=C\C(Cl)=N/O. The summed E-state index contributed by atoms with van der Waals surface area (Å²) in [6.45, 7) is 0. The fourth-order valence-electron chi connectivity index (χ4n) is 0.0735. The summed E-state index contributed by atoms with van der Waals surface area (Å²) in [6, 6.07) is 0. The third-order valence-corrected chi connectivity index (χ3v) is 0.433. The van der Waals surface area contributed by atoms with Gasteiger partial charge in [-0.05, 0) is 0 Å². The van der Waals surface area contributed by atoms with Gasteiger partial charge >= 0.3 is 0 Å². The van der Waals surface area contributed by atoms with Gasteiger partial charge in [0.1, 0.15) is 6.21 Å². The van der Waals surface area contributed by atoms with Gasteiger partial charge < -0.3 is 10.4 Å². The molecule has 0 aliphatic carbocycles. The lowest BCUT2D eigenvalue weighted by molar-refractivity contribution is 0.317. The van der Waals surface area contributed by atoms with Crippen molar-refractivity contribution in [3.63, 3.8) is 0 Å². The van der Waals surface area contributed by atoms with Crippen LogP contribution in [0.15, 0.2) is 10.3 Å². The Labute approximate surface area is 44.7 Å². The van der Waals surface area contributed by atoms with Crippen molar-refractivity contribution in [2.75, 3.05) is 0 Å². The highest BCUT2D eigenvalue weighted by Crippen LogP contribution is 1.76. The topological polar surface area (TPSA) is 65.2 Å². The van der Waals surface area contributed by atoms with Gasteiger partial charge in [0.2, 0.25) is 0 Å². The zero-order valence-electron chi connectivity index (χ0n) is 3.24. The average molecular weight is 123 g/mol. The van der Waals surface area contributed by atoms with Crippen molar-refractivity contribution in [1.82, 2.24) is 0 Å². The minimum absolute atomic E-state index is 0.262. The Hall–Kier alpha value is -0.770. The van der Waals surface area contributed by atoms with E-state index in [1.165, 1.54) is 0 Å². The molecular formula is C2H3ClN2O2. The van der Waals surface area contributed by atoms with E-state index in [9.17, 15) is 0 Å². The summed E-state index contributed by atoms with van der Waals surface area (Å²) in [5.74, 6) is 0. The van der Waals surface area contributed by atoms with Crippen LogP contribution >= 0.6 is 11.6 Å². The van der Waals surface area contributed by atoms with Gasteiger partial charge in [-0.1, -0.05) is 21.9 Å². The second kappa shape index (κ2) is 3.42. The summed E-state index contributed by atoms with van der Waals surface area (Å²) in [5.41, 5.74) is 0. The Kier molecular flexibility index (Phi) is 3.04. The van der Waals surface area contributed by atoms with Gasteiger partial charge in [0.25, 0.3) is 0 Å². The minimum atomic E-state index is -0.262. The summed E-state index contributed by atoms with van der Waals surface area (Å²) < 4.78 is 0. The number of rotatable bonds is 1. The molecule has 0 rings (SSSR count). The maximum atomic E-state index is 7.72. The first-order chi connectivity index (χ1) is 3.31. The van der Waals surface area contributed by atoms with Crippen LogP contribution in [0.4, 0.5) is 0 Å². The molecule has 0 amide bonds. The monoisotopic (exact) mass is 122 g/mol. The van der Waals surface area contributed by atoms with E-state index >= 15 is 0 Å². The summed E-state index contributed by atoms with van der Waals surface area (Å²) in [6.07, 6.45) is 0.793. The van der Waals surface area contributed by atoms with Crippen LogP contribution in [0.25, 0.3) is 0 Å². The van der Waals surface area contributed by atoms with E-state index in [0.717, 1.165) is 6.21 Å². The normalized spacial score (nSPS) is 13.0. The molecule has 0 heterocycles. The third-order valence-electron chi connectivity index (χ3n) is 0.260. The van der Waals surface area contributed by atoms with Crippen molar-refractivity contribution >= 4 is 23.0 Å². The quantitative estimate of drug-likeness (QED) is 0.302. The van der Waals surface area contributed by atoms with Gasteiger partial charge in [0.05, 0.1) is 0 Å². The first-order valence-corrected chi connectivity index (χ1v) is 1.74. The maximum Gasteiger partial charge on any atom is 0.189 e. The molecule has 0 aliphatic rings. The third kappa shape index (κ3) is 3.05. The fourth-order valence-corrected chi connectivity index (χ4v) is 0.117. The molecule has 5 heteroatoms. The van der Waals surface area contributed by atoms with E-state index in [4.69, 9.17) is 22.0 Å². The van der Waals surface area contributed by atoms with Crippen molar-refractivity contribution in [2.24, 2.45) is 10.3 Å². The minimum Gasteiger partial charge on any atom is -0.411 e. The van der Waals surface area contributed by atoms with Gasteiger partial charge in [-0.2, -0.15) is 0 Å². The largest absolute Gasteiger partial charge is 0.411 e. The van der Waals surface area contributed by atoms with Crippen molar-refractivity contribution < 1.29 is 10.4 Å². The molecule has 4 nitrogen and oxygen atoms in total. The molecule has 0 saturated carbocycles. The lowest BCUT2D eigenvalue weighted by Gasteiger charge is -1.74. The molecule has 2 N–H and O–H groups in total. The maximum absolute atomic E-state index is 7.72. The molecule has 0 spiro atoms. The standard InChI is InChI=1S/C2H3ClN2O2/c3-2(5-7)1-4-6/h1,6-7H/b4-1-,5-2+. The van der Waals surface area contributed by atoms with Crippen molar-refractivity contribution in [2.45, 2.75) is 0 Å². The lowest BCUT2D eigenvalue weighted by Crippen LogP contribution is -1.85. The highest BCUT2D eigenvalue weighted by molar-refractivity contribution is 6.79. The summed E-state index contributed by atoms with van der Waals surface area (Å²) >= 11 is 4.96. The van der Waals surface area contributed by atoms with E-state index in [-0.39, 0.29) is 5.17 Å². The number of hydrogen-bond acceptors (Lipinski definition) is 4. The van der Waals surface area contributed by atoms with Crippen molar-refractivity contribution in [3.8, 4) is 0 Å². The van der Waals surface area contributed by atoms with Crippen LogP contribution < -0.4 is 0 Å². The van der Waals surface area contributed by atoms with Crippen LogP contribution in [0.2, 0.25) is 0 Å². The van der Waals surface area contributed by atoms with Crippen LogP contribution in [-0.4, -0.2) is 21.8 Å². The molecule has 0 aromatic heterocycles. The Bertz CT molecular complexity index is 99.9. The van der Waals surface area contributed by atoms with E-state index < -0.39 is 0 Å². The van der Waals surface area contributed by atoms with Gasteiger partial charge in [-0.25, -0.2) is 0 Å². The number of hydrogen-bond donors (Lipinski definition) is 2. The smallest absolute Gasteiger partial charge is 0.189 e. The van der Waals surface area contributed by atoms with Gasteiger partial charge in [-0.15, -0.1) is 0 Å². The Morgan fingerprint density at radius 1 is 1.57 bits per heavy atom. The predicted molar refractivity (Wildman–Crippen MR) is 25.4 cm³/mol. The van der Waals surface area contributed by atoms with Crippen LogP contribution in [0, 0.1) is 0 Å². The predicted octanol–water partition coefficient (Wildman–Crippen LogP) is 0.473. The highest BCUT2D eigenvalue weighted by Gasteiger charge is 1.81. The summed E-state index contributed by atoms with van der Waals surface area (Å²) in [4.78, 5) is 0. The summed E-state index contributed by atoms with van der Waals surface area (Å²) in [5, 5.41) is 20.0. The Balaban J connectivity index is 3.58. The van der Waals surface area contributed by atoms with Crippen LogP contribution in [0.3, 0.4) is 0 Å². The van der Waals surface area contributed by atoms with Crippen LogP contribution in [0.1, 0.15) is 0 Å². The molecule has 0 aromatic rings. The number of nitrogens with zero attached hydrogens (tertiary/aromatic N) is 2. The van der Waals surface area contributed by atoms with Gasteiger partial charge in [0.15, 0.2) is 5.17 Å². The molecule has 0 saturated heterocycles. The molecular weight excluding hydrogens is 119 g/mol. The molecule has 0 radical (unpaired) electrons. The van der Waals surface area contributed by atoms with Crippen LogP contribution in [-0.2, 0) is 0 Å². The van der Waals surface area contributed by atoms with Gasteiger partial charge in [0, 0.05) is 0 Å². The van der Waals surface area contributed by atoms with Crippen molar-refractivity contribution in [1.29, 1.82) is 0 Å². The van der Waals surface area contributed by atoms with Crippen molar-refractivity contribution in [3.05, 3.63) is 0 Å². The molecule has 7 heavy (non-hydrogen) atoms. The average Bonchev–Trinajstić information content (AvgIpc) is 1.68. The second-order valence-electron chi connectivity index (χ2n) is 0.667. The van der Waals surface area contributed by atoms with E-state index in [1.54, 1.807) is 0 Å². The molecule has 0 bridgehead atoms. The first-order valence-electron chi connectivity index (χ1n) is 1.36. The van der Waals surface area contributed by atoms with Crippen LogP contribution in [0.5, 0.6) is 0 Å². The molecule has 0 aromatic carbocycles.